The Morgan fingerprint density at radius 1 is 1.19 bits per heavy atom. The first-order chi connectivity index (χ1) is 14.9. The number of benzene rings is 2. The summed E-state index contributed by atoms with van der Waals surface area (Å²) >= 11 is 0. The molecule has 0 unspecified atom stereocenters. The summed E-state index contributed by atoms with van der Waals surface area (Å²) < 4.78 is 6.36. The monoisotopic (exact) mass is 422 g/mol. The van der Waals surface area contributed by atoms with E-state index in [1.807, 2.05) is 32.0 Å². The largest absolute Gasteiger partial charge is 0.507 e. The zero-order chi connectivity index (χ0) is 22.0. The smallest absolute Gasteiger partial charge is 0.350 e. The maximum atomic E-state index is 13.3. The highest BCUT2D eigenvalue weighted by Gasteiger charge is 2.22. The molecule has 31 heavy (non-hydrogen) atoms. The first-order valence-electron chi connectivity index (χ1n) is 10.4. The Kier molecular flexibility index (Phi) is 6.01. The Labute approximate surface area is 180 Å². The average Bonchev–Trinajstić information content (AvgIpc) is 3.15. The third-order valence-electron chi connectivity index (χ3n) is 5.49. The zero-order valence-corrected chi connectivity index (χ0v) is 17.7. The molecule has 2 heterocycles. The van der Waals surface area contributed by atoms with E-state index in [4.69, 9.17) is 4.74 Å². The van der Waals surface area contributed by atoms with Crippen LogP contribution >= 0.6 is 0 Å². The van der Waals surface area contributed by atoms with Crippen molar-refractivity contribution in [3.8, 4) is 17.1 Å². The zero-order valence-electron chi connectivity index (χ0n) is 17.7. The molecular formula is C23H26N4O4. The molecule has 1 fully saturated rings. The summed E-state index contributed by atoms with van der Waals surface area (Å²) in [6.07, 6.45) is 0. The molecule has 0 amide bonds. The maximum Gasteiger partial charge on any atom is 0.350 e. The van der Waals surface area contributed by atoms with Gasteiger partial charge >= 0.3 is 5.69 Å². The van der Waals surface area contributed by atoms with Gasteiger partial charge in [-0.15, -0.1) is 0 Å². The normalized spacial score (nSPS) is 14.8. The Hall–Kier alpha value is -3.23. The number of ether oxygens (including phenoxy) is 1. The summed E-state index contributed by atoms with van der Waals surface area (Å²) in [7, 11) is 0. The fourth-order valence-electron chi connectivity index (χ4n) is 3.71. The molecule has 0 atom stereocenters. The molecule has 1 aliphatic heterocycles. The Morgan fingerprint density at radius 2 is 1.97 bits per heavy atom. The predicted molar refractivity (Wildman–Crippen MR) is 116 cm³/mol. The second kappa shape index (κ2) is 8.87. The second-order valence-corrected chi connectivity index (χ2v) is 8.01. The van der Waals surface area contributed by atoms with Crippen molar-refractivity contribution in [3.63, 3.8) is 0 Å². The van der Waals surface area contributed by atoms with E-state index in [-0.39, 0.29) is 17.5 Å². The summed E-state index contributed by atoms with van der Waals surface area (Å²) in [6, 6.07) is 12.4. The molecular weight excluding hydrogens is 396 g/mol. The van der Waals surface area contributed by atoms with E-state index in [1.54, 1.807) is 24.3 Å². The van der Waals surface area contributed by atoms with E-state index < -0.39 is 11.6 Å². The number of carbonyl (C=O) groups is 1. The molecule has 0 saturated carbocycles. The van der Waals surface area contributed by atoms with Gasteiger partial charge in [0.2, 0.25) is 0 Å². The molecule has 0 spiro atoms. The highest BCUT2D eigenvalue weighted by molar-refractivity contribution is 5.98. The molecule has 1 aliphatic rings. The van der Waals surface area contributed by atoms with Crippen LogP contribution in [0, 0.1) is 0 Å². The van der Waals surface area contributed by atoms with E-state index in [9.17, 15) is 14.7 Å². The Bertz CT molecular complexity index is 1140. The van der Waals surface area contributed by atoms with Gasteiger partial charge in [-0.2, -0.15) is 5.10 Å². The third kappa shape index (κ3) is 4.45. The number of phenols is 1. The number of aromatic nitrogens is 3. The fourth-order valence-corrected chi connectivity index (χ4v) is 3.71. The lowest BCUT2D eigenvalue weighted by Crippen LogP contribution is -2.35. The van der Waals surface area contributed by atoms with Gasteiger partial charge in [0.25, 0.3) is 5.91 Å². The first kappa shape index (κ1) is 21.0. The lowest BCUT2D eigenvalue weighted by Gasteiger charge is -2.26. The summed E-state index contributed by atoms with van der Waals surface area (Å²) in [5, 5.41) is 16.8. The minimum absolute atomic E-state index is 0.0430. The van der Waals surface area contributed by atoms with Crippen LogP contribution in [0.25, 0.3) is 11.4 Å². The lowest BCUT2D eigenvalue weighted by atomic mass is 10.00. The van der Waals surface area contributed by atoms with E-state index in [2.05, 4.69) is 15.1 Å². The van der Waals surface area contributed by atoms with Crippen molar-refractivity contribution < 1.29 is 14.6 Å². The number of hydrogen-bond acceptors (Lipinski definition) is 6. The van der Waals surface area contributed by atoms with Gasteiger partial charge in [0.1, 0.15) is 5.75 Å². The van der Waals surface area contributed by atoms with E-state index >= 15 is 0 Å². The second-order valence-electron chi connectivity index (χ2n) is 8.01. The molecule has 3 aromatic rings. The number of morpholine rings is 1. The van der Waals surface area contributed by atoms with Crippen molar-refractivity contribution >= 4 is 5.91 Å². The number of nitrogens with one attached hydrogen (secondary N) is 1. The van der Waals surface area contributed by atoms with Gasteiger partial charge in [-0.3, -0.25) is 9.69 Å². The molecule has 0 bridgehead atoms. The minimum atomic E-state index is -0.645. The van der Waals surface area contributed by atoms with Crippen LogP contribution in [0.1, 0.15) is 41.3 Å². The van der Waals surface area contributed by atoms with Crippen molar-refractivity contribution in [2.24, 2.45) is 0 Å². The van der Waals surface area contributed by atoms with Crippen LogP contribution in [0.2, 0.25) is 0 Å². The highest BCUT2D eigenvalue weighted by atomic mass is 16.5. The van der Waals surface area contributed by atoms with Crippen LogP contribution in [-0.4, -0.2) is 57.0 Å². The van der Waals surface area contributed by atoms with Crippen LogP contribution in [-0.2, 0) is 11.3 Å². The topological polar surface area (TPSA) is 100 Å². The standard InChI is InChI=1S/C23H26N4O4/c1-15(2)17-6-7-20(28)19(13-17)21-24-25-23(30)27(21)22(29)18-5-3-4-16(12-18)14-26-8-10-31-11-9-26/h3-7,12-13,15,28H,8-11,14H2,1-2H3,(H,25,30). The van der Waals surface area contributed by atoms with Gasteiger partial charge < -0.3 is 9.84 Å². The summed E-state index contributed by atoms with van der Waals surface area (Å²) in [5.74, 6) is -0.231. The third-order valence-corrected chi connectivity index (χ3v) is 5.49. The number of aromatic hydroxyl groups is 1. The van der Waals surface area contributed by atoms with Gasteiger partial charge in [-0.1, -0.05) is 32.0 Å². The van der Waals surface area contributed by atoms with Crippen LogP contribution in [0.3, 0.4) is 0 Å². The quantitative estimate of drug-likeness (QED) is 0.656. The molecule has 8 heteroatoms. The van der Waals surface area contributed by atoms with Gasteiger partial charge in [-0.25, -0.2) is 14.5 Å². The number of phenolic OH excluding ortho intramolecular Hbond substituents is 1. The van der Waals surface area contributed by atoms with Crippen molar-refractivity contribution in [2.75, 3.05) is 26.3 Å². The van der Waals surface area contributed by atoms with Crippen LogP contribution in [0.15, 0.2) is 47.3 Å². The summed E-state index contributed by atoms with van der Waals surface area (Å²) in [5.41, 5.74) is 2.02. The molecule has 2 N–H and O–H groups in total. The van der Waals surface area contributed by atoms with Crippen LogP contribution in [0.5, 0.6) is 5.75 Å². The van der Waals surface area contributed by atoms with Gasteiger partial charge in [0.15, 0.2) is 5.82 Å². The lowest BCUT2D eigenvalue weighted by molar-refractivity contribution is 0.0342. The van der Waals surface area contributed by atoms with Gasteiger partial charge in [0.05, 0.1) is 18.8 Å². The average molecular weight is 422 g/mol. The van der Waals surface area contributed by atoms with E-state index in [1.165, 1.54) is 0 Å². The van der Waals surface area contributed by atoms with Gasteiger partial charge in [0, 0.05) is 25.2 Å². The molecule has 1 saturated heterocycles. The Balaban J connectivity index is 1.68. The minimum Gasteiger partial charge on any atom is -0.507 e. The van der Waals surface area contributed by atoms with E-state index in [0.717, 1.165) is 28.8 Å². The molecule has 162 valence electrons. The van der Waals surface area contributed by atoms with Crippen molar-refractivity contribution in [1.29, 1.82) is 0 Å². The number of nitrogens with zero attached hydrogens (tertiary/aromatic N) is 3. The number of rotatable bonds is 5. The molecule has 1 aromatic heterocycles. The molecule has 2 aromatic carbocycles. The van der Waals surface area contributed by atoms with Crippen molar-refractivity contribution in [2.45, 2.75) is 26.3 Å². The fraction of sp³-hybridized carbons (Fsp3) is 0.348. The SMILES string of the molecule is CC(C)c1ccc(O)c(-c2n[nH]c(=O)n2C(=O)c2cccc(CN3CCOCC3)c2)c1. The van der Waals surface area contributed by atoms with Crippen LogP contribution in [0.4, 0.5) is 0 Å². The van der Waals surface area contributed by atoms with Crippen LogP contribution < -0.4 is 5.69 Å². The first-order valence-corrected chi connectivity index (χ1v) is 10.4. The van der Waals surface area contributed by atoms with E-state index in [0.29, 0.717) is 30.9 Å². The summed E-state index contributed by atoms with van der Waals surface area (Å²) in [4.78, 5) is 28.0. The molecule has 0 radical (unpaired) electrons. The molecule has 8 nitrogen and oxygen atoms in total. The van der Waals surface area contributed by atoms with Crippen molar-refractivity contribution in [1.82, 2.24) is 19.7 Å². The summed E-state index contributed by atoms with van der Waals surface area (Å²) in [6.45, 7) is 7.84. The number of H-pyrrole nitrogens is 1. The van der Waals surface area contributed by atoms with Crippen molar-refractivity contribution in [3.05, 3.63) is 69.6 Å². The van der Waals surface area contributed by atoms with Gasteiger partial charge in [-0.05, 0) is 41.3 Å². The predicted octanol–water partition coefficient (Wildman–Crippen LogP) is 2.59. The number of carbonyl (C=O) groups excluding carboxylic acids is 1. The highest BCUT2D eigenvalue weighted by Crippen LogP contribution is 2.30. The Morgan fingerprint density at radius 3 is 2.71 bits per heavy atom. The molecule has 0 aliphatic carbocycles. The molecule has 4 rings (SSSR count). The maximum absolute atomic E-state index is 13.3. The number of aromatic amines is 1. The number of hydrogen-bond donors (Lipinski definition) is 2.